The van der Waals surface area contributed by atoms with Gasteiger partial charge in [0.15, 0.2) is 6.10 Å². The standard InChI is InChI=1S/C28H31F3N4O6/c1-16-5-7-18(8-6-16)24(17(2)33-27(39)28(29,30)31)40-20-9-10-21(32-14-20)25(37)34-19-4-3-13-35(15-19)26(38)22-11-12-23(36)41-22/h5-10,14,17,19,22,24H,3-4,11-13,15H2,1-2H3,(H,33,39)(H,34,37)/t17?,19-,22-,24?/m1/s1. The Kier molecular flexibility index (Phi) is 9.14. The summed E-state index contributed by atoms with van der Waals surface area (Å²) in [6.07, 6.45) is -3.65. The van der Waals surface area contributed by atoms with Crippen LogP contribution in [0.3, 0.4) is 0 Å². The molecule has 41 heavy (non-hydrogen) atoms. The molecule has 0 spiro atoms. The quantitative estimate of drug-likeness (QED) is 0.463. The number of likely N-dealkylation sites (tertiary alicyclic amines) is 1. The normalized spacial score (nSPS) is 20.5. The second kappa shape index (κ2) is 12.6. The predicted molar refractivity (Wildman–Crippen MR) is 139 cm³/mol. The third-order valence-corrected chi connectivity index (χ3v) is 6.94. The molecule has 0 radical (unpaired) electrons. The molecule has 3 heterocycles. The lowest BCUT2D eigenvalue weighted by Crippen LogP contribution is -2.52. The van der Waals surface area contributed by atoms with Gasteiger partial charge in [-0.3, -0.25) is 19.2 Å². The molecule has 2 aliphatic heterocycles. The minimum Gasteiger partial charge on any atom is -0.482 e. The van der Waals surface area contributed by atoms with Gasteiger partial charge < -0.3 is 25.0 Å². The van der Waals surface area contributed by atoms with Gasteiger partial charge in [-0.1, -0.05) is 29.8 Å². The second-order valence-corrected chi connectivity index (χ2v) is 10.2. The topological polar surface area (TPSA) is 127 Å². The van der Waals surface area contributed by atoms with Crippen molar-refractivity contribution in [2.24, 2.45) is 0 Å². The van der Waals surface area contributed by atoms with Crippen LogP contribution in [-0.4, -0.2) is 71.0 Å². The average Bonchev–Trinajstić information content (AvgIpc) is 3.38. The molecule has 10 nitrogen and oxygen atoms in total. The molecule has 0 saturated carbocycles. The maximum Gasteiger partial charge on any atom is 0.471 e. The summed E-state index contributed by atoms with van der Waals surface area (Å²) in [5.74, 6) is -3.03. The molecule has 4 atom stereocenters. The smallest absolute Gasteiger partial charge is 0.471 e. The van der Waals surface area contributed by atoms with Crippen molar-refractivity contribution in [2.75, 3.05) is 13.1 Å². The molecule has 13 heteroatoms. The maximum absolute atomic E-state index is 12.9. The number of halogens is 3. The number of hydrogen-bond acceptors (Lipinski definition) is 7. The average molecular weight is 577 g/mol. The molecule has 2 fully saturated rings. The van der Waals surface area contributed by atoms with Gasteiger partial charge in [-0.05, 0) is 44.4 Å². The zero-order valence-corrected chi connectivity index (χ0v) is 22.6. The van der Waals surface area contributed by atoms with Crippen molar-refractivity contribution in [3.63, 3.8) is 0 Å². The van der Waals surface area contributed by atoms with Gasteiger partial charge in [0, 0.05) is 32.0 Å². The first-order valence-corrected chi connectivity index (χ1v) is 13.3. The van der Waals surface area contributed by atoms with Gasteiger partial charge in [0.2, 0.25) is 0 Å². The zero-order valence-electron chi connectivity index (χ0n) is 22.6. The van der Waals surface area contributed by atoms with E-state index >= 15 is 0 Å². The number of carbonyl (C=O) groups excluding carboxylic acids is 4. The molecular weight excluding hydrogens is 545 g/mol. The first-order valence-electron chi connectivity index (χ1n) is 13.3. The molecular formula is C28H31F3N4O6. The lowest BCUT2D eigenvalue weighted by molar-refractivity contribution is -0.174. The number of esters is 1. The van der Waals surface area contributed by atoms with Gasteiger partial charge in [0.05, 0.1) is 12.2 Å². The van der Waals surface area contributed by atoms with Crippen molar-refractivity contribution >= 4 is 23.7 Å². The molecule has 220 valence electrons. The number of carbonyl (C=O) groups is 4. The highest BCUT2D eigenvalue weighted by Gasteiger charge is 2.40. The Morgan fingerprint density at radius 1 is 1.12 bits per heavy atom. The minimum atomic E-state index is -5.05. The Bertz CT molecular complexity index is 1270. The van der Waals surface area contributed by atoms with E-state index in [1.807, 2.05) is 12.2 Å². The number of nitrogens with one attached hydrogen (secondary N) is 2. The third kappa shape index (κ3) is 7.74. The number of pyridine rings is 1. The van der Waals surface area contributed by atoms with Crippen LogP contribution in [0.15, 0.2) is 42.6 Å². The van der Waals surface area contributed by atoms with Crippen LogP contribution in [0.5, 0.6) is 5.75 Å². The fourth-order valence-corrected chi connectivity index (χ4v) is 4.77. The van der Waals surface area contributed by atoms with E-state index in [4.69, 9.17) is 9.47 Å². The molecule has 2 aromatic rings. The summed E-state index contributed by atoms with van der Waals surface area (Å²) in [5, 5.41) is 4.80. The van der Waals surface area contributed by atoms with Crippen molar-refractivity contribution in [1.29, 1.82) is 0 Å². The highest BCUT2D eigenvalue weighted by molar-refractivity contribution is 5.92. The van der Waals surface area contributed by atoms with Crippen LogP contribution in [0.1, 0.15) is 60.3 Å². The number of hydrogen-bond donors (Lipinski definition) is 2. The van der Waals surface area contributed by atoms with Crippen LogP contribution in [0.2, 0.25) is 0 Å². The van der Waals surface area contributed by atoms with Gasteiger partial charge in [-0.2, -0.15) is 13.2 Å². The number of rotatable bonds is 8. The molecule has 2 unspecified atom stereocenters. The van der Waals surface area contributed by atoms with E-state index in [-0.39, 0.29) is 36.4 Å². The van der Waals surface area contributed by atoms with E-state index in [1.165, 1.54) is 25.3 Å². The van der Waals surface area contributed by atoms with Crippen LogP contribution in [0.4, 0.5) is 13.2 Å². The first-order chi connectivity index (χ1) is 19.4. The number of aryl methyl sites for hydroxylation is 1. The highest BCUT2D eigenvalue weighted by atomic mass is 19.4. The summed E-state index contributed by atoms with van der Waals surface area (Å²) >= 11 is 0. The fraction of sp³-hybridized carbons (Fsp3) is 0.464. The number of piperidine rings is 1. The Labute approximate surface area is 234 Å². The van der Waals surface area contributed by atoms with Crippen molar-refractivity contribution in [3.05, 3.63) is 59.4 Å². The number of nitrogens with zero attached hydrogens (tertiary/aromatic N) is 2. The fourth-order valence-electron chi connectivity index (χ4n) is 4.77. The summed E-state index contributed by atoms with van der Waals surface area (Å²) in [6.45, 7) is 4.04. The Hall–Kier alpha value is -4.16. The van der Waals surface area contributed by atoms with E-state index in [2.05, 4.69) is 10.3 Å². The summed E-state index contributed by atoms with van der Waals surface area (Å²) in [4.78, 5) is 54.2. The minimum absolute atomic E-state index is 0.0795. The number of benzene rings is 1. The molecule has 0 aliphatic carbocycles. The van der Waals surface area contributed by atoms with E-state index in [0.29, 0.717) is 31.4 Å². The van der Waals surface area contributed by atoms with Gasteiger partial charge in [-0.25, -0.2) is 4.98 Å². The van der Waals surface area contributed by atoms with Crippen LogP contribution in [0, 0.1) is 6.92 Å². The van der Waals surface area contributed by atoms with Crippen LogP contribution in [-0.2, 0) is 19.1 Å². The largest absolute Gasteiger partial charge is 0.482 e. The van der Waals surface area contributed by atoms with Crippen molar-refractivity contribution in [3.8, 4) is 5.75 Å². The first kappa shape index (κ1) is 29.8. The maximum atomic E-state index is 12.9. The van der Waals surface area contributed by atoms with E-state index < -0.39 is 42.2 Å². The predicted octanol–water partition coefficient (Wildman–Crippen LogP) is 3.00. The Morgan fingerprint density at radius 3 is 2.46 bits per heavy atom. The summed E-state index contributed by atoms with van der Waals surface area (Å²) in [6, 6.07) is 8.44. The molecule has 3 amide bonds. The molecule has 4 rings (SSSR count). The van der Waals surface area contributed by atoms with E-state index in [0.717, 1.165) is 5.56 Å². The lowest BCUT2D eigenvalue weighted by Gasteiger charge is -2.34. The molecule has 1 aromatic carbocycles. The van der Waals surface area contributed by atoms with Crippen LogP contribution < -0.4 is 15.4 Å². The number of cyclic esters (lactones) is 1. The number of aromatic nitrogens is 1. The monoisotopic (exact) mass is 576 g/mol. The van der Waals surface area contributed by atoms with Crippen LogP contribution in [0.25, 0.3) is 0 Å². The third-order valence-electron chi connectivity index (χ3n) is 6.94. The van der Waals surface area contributed by atoms with Gasteiger partial charge in [0.25, 0.3) is 11.8 Å². The molecule has 1 aromatic heterocycles. The molecule has 2 saturated heterocycles. The van der Waals surface area contributed by atoms with Gasteiger partial charge in [0.1, 0.15) is 17.5 Å². The molecule has 2 N–H and O–H groups in total. The van der Waals surface area contributed by atoms with Gasteiger partial charge in [-0.15, -0.1) is 0 Å². The summed E-state index contributed by atoms with van der Waals surface area (Å²) < 4.78 is 49.6. The van der Waals surface area contributed by atoms with Crippen molar-refractivity contribution in [2.45, 2.75) is 70.0 Å². The Morgan fingerprint density at radius 2 is 1.85 bits per heavy atom. The highest BCUT2D eigenvalue weighted by Crippen LogP contribution is 2.27. The summed E-state index contributed by atoms with van der Waals surface area (Å²) in [7, 11) is 0. The van der Waals surface area contributed by atoms with E-state index in [1.54, 1.807) is 29.2 Å². The number of amides is 3. The number of alkyl halides is 3. The Balaban J connectivity index is 1.39. The van der Waals surface area contributed by atoms with Crippen molar-refractivity contribution < 1.29 is 41.8 Å². The number of ether oxygens (including phenoxy) is 2. The molecule has 0 bridgehead atoms. The second-order valence-electron chi connectivity index (χ2n) is 10.2. The lowest BCUT2D eigenvalue weighted by atomic mass is 10.0. The zero-order chi connectivity index (χ0) is 29.7. The van der Waals surface area contributed by atoms with Crippen LogP contribution >= 0.6 is 0 Å². The van der Waals surface area contributed by atoms with Crippen molar-refractivity contribution in [1.82, 2.24) is 20.5 Å². The SMILES string of the molecule is Cc1ccc(C(Oc2ccc(C(=O)N[C@@H]3CCCN(C(=O)[C@H]4CCC(=O)O4)C3)nc2)C(C)NC(=O)C(F)(F)F)cc1. The summed E-state index contributed by atoms with van der Waals surface area (Å²) in [5.41, 5.74) is 1.55. The molecule has 2 aliphatic rings. The van der Waals surface area contributed by atoms with Gasteiger partial charge >= 0.3 is 18.1 Å². The van der Waals surface area contributed by atoms with E-state index in [9.17, 15) is 32.3 Å².